The Morgan fingerprint density at radius 3 is 1.03 bits per heavy atom. The molecule has 0 spiro atoms. The molecule has 0 aliphatic carbocycles. The van der Waals surface area contributed by atoms with Gasteiger partial charge in [-0.25, -0.2) is 19.9 Å². The zero-order valence-corrected chi connectivity index (χ0v) is 31.9. The molecule has 11 rings (SSSR count). The second kappa shape index (κ2) is 14.5. The van der Waals surface area contributed by atoms with Gasteiger partial charge in [0.1, 0.15) is 0 Å². The number of hydrogen-bond donors (Lipinski definition) is 0. The number of fused-ring (bicyclic) bond motifs is 4. The number of aromatic nitrogens is 4. The van der Waals surface area contributed by atoms with Crippen LogP contribution in [0.2, 0.25) is 0 Å². The highest BCUT2D eigenvalue weighted by Gasteiger charge is 2.19. The standard InChI is InChI=1S/C54H35N5/c1-2-18-40(19-3-1)59(41-32-28-38(29-33-41)51-53(57-49-26-10-8-24-47(49)55-51)45-22-12-16-36-14-4-6-20-43(36)45)42-34-30-39(31-35-42)52-54(58-50-27-11-9-25-48(50)56-52)46-23-13-17-37-15-5-7-21-44(37)46/h1-35H. The summed E-state index contributed by atoms with van der Waals surface area (Å²) in [6.07, 6.45) is 0. The molecule has 59 heavy (non-hydrogen) atoms. The Balaban J connectivity index is 1.01. The fourth-order valence-electron chi connectivity index (χ4n) is 8.20. The third kappa shape index (κ3) is 6.22. The zero-order chi connectivity index (χ0) is 39.1. The highest BCUT2D eigenvalue weighted by atomic mass is 15.1. The third-order valence-corrected chi connectivity index (χ3v) is 11.0. The Hall–Kier alpha value is -8.02. The van der Waals surface area contributed by atoms with Gasteiger partial charge in [0.25, 0.3) is 0 Å². The van der Waals surface area contributed by atoms with Crippen LogP contribution in [0.5, 0.6) is 0 Å². The van der Waals surface area contributed by atoms with E-state index in [4.69, 9.17) is 19.9 Å². The maximum Gasteiger partial charge on any atom is 0.0979 e. The minimum absolute atomic E-state index is 0.848. The van der Waals surface area contributed by atoms with E-state index in [2.05, 4.69) is 163 Å². The molecule has 5 heteroatoms. The van der Waals surface area contributed by atoms with Crippen LogP contribution in [0.15, 0.2) is 212 Å². The Morgan fingerprint density at radius 1 is 0.254 bits per heavy atom. The Labute approximate surface area is 341 Å². The van der Waals surface area contributed by atoms with Crippen molar-refractivity contribution in [3.05, 3.63) is 212 Å². The SMILES string of the molecule is c1ccc(N(c2ccc(-c3nc4ccccc4nc3-c3cccc4ccccc34)cc2)c2ccc(-c3nc4ccccc4nc3-c3cccc4ccccc34)cc2)cc1. The van der Waals surface area contributed by atoms with Crippen molar-refractivity contribution >= 4 is 60.7 Å². The molecule has 0 radical (unpaired) electrons. The molecule has 0 saturated heterocycles. The normalized spacial score (nSPS) is 11.4. The van der Waals surface area contributed by atoms with E-state index in [0.29, 0.717) is 0 Å². The number of nitrogens with zero attached hydrogens (tertiary/aromatic N) is 5. The molecule has 2 aromatic heterocycles. The first kappa shape index (κ1) is 34.2. The second-order valence-electron chi connectivity index (χ2n) is 14.6. The van der Waals surface area contributed by atoms with E-state index >= 15 is 0 Å². The predicted molar refractivity (Wildman–Crippen MR) is 244 cm³/mol. The average Bonchev–Trinajstić information content (AvgIpc) is 3.31. The lowest BCUT2D eigenvalue weighted by molar-refractivity contribution is 1.27. The number of hydrogen-bond acceptors (Lipinski definition) is 5. The molecule has 0 amide bonds. The Bertz CT molecular complexity index is 3110. The van der Waals surface area contributed by atoms with Crippen LogP contribution in [-0.4, -0.2) is 19.9 Å². The summed E-state index contributed by atoms with van der Waals surface area (Å²) in [6.45, 7) is 0. The van der Waals surface area contributed by atoms with Crippen molar-refractivity contribution in [2.75, 3.05) is 4.90 Å². The highest BCUT2D eigenvalue weighted by Crippen LogP contribution is 2.41. The van der Waals surface area contributed by atoms with Gasteiger partial charge < -0.3 is 4.90 Å². The van der Waals surface area contributed by atoms with Gasteiger partial charge in [-0.1, -0.05) is 152 Å². The van der Waals surface area contributed by atoms with E-state index in [-0.39, 0.29) is 0 Å². The van der Waals surface area contributed by atoms with Crippen LogP contribution in [0.1, 0.15) is 0 Å². The first-order valence-electron chi connectivity index (χ1n) is 19.8. The van der Waals surface area contributed by atoms with E-state index in [0.717, 1.165) is 94.9 Å². The maximum atomic E-state index is 5.24. The molecule has 0 saturated carbocycles. The number of rotatable bonds is 7. The van der Waals surface area contributed by atoms with E-state index in [9.17, 15) is 0 Å². The largest absolute Gasteiger partial charge is 0.311 e. The fraction of sp³-hybridized carbons (Fsp3) is 0. The van der Waals surface area contributed by atoms with Gasteiger partial charge in [-0.05, 0) is 82.2 Å². The molecule has 9 aromatic carbocycles. The van der Waals surface area contributed by atoms with Crippen molar-refractivity contribution in [3.63, 3.8) is 0 Å². The molecule has 276 valence electrons. The summed E-state index contributed by atoms with van der Waals surface area (Å²) in [5.74, 6) is 0. The Morgan fingerprint density at radius 2 is 0.593 bits per heavy atom. The second-order valence-corrected chi connectivity index (χ2v) is 14.6. The topological polar surface area (TPSA) is 54.8 Å². The molecule has 0 N–H and O–H groups in total. The summed E-state index contributed by atoms with van der Waals surface area (Å²) in [4.78, 5) is 23.2. The summed E-state index contributed by atoms with van der Waals surface area (Å²) in [6, 6.07) is 73.7. The molecule has 11 aromatic rings. The monoisotopic (exact) mass is 753 g/mol. The van der Waals surface area contributed by atoms with Crippen molar-refractivity contribution in [1.82, 2.24) is 19.9 Å². The summed E-state index contributed by atoms with van der Waals surface area (Å²) in [5.41, 5.74) is 14.1. The Kier molecular flexibility index (Phi) is 8.41. The van der Waals surface area contributed by atoms with Gasteiger partial charge in [-0.2, -0.15) is 0 Å². The fourth-order valence-corrected chi connectivity index (χ4v) is 8.20. The summed E-state index contributed by atoms with van der Waals surface area (Å²) >= 11 is 0. The van der Waals surface area contributed by atoms with Crippen LogP contribution >= 0.6 is 0 Å². The number of benzene rings is 9. The van der Waals surface area contributed by atoms with Crippen LogP contribution < -0.4 is 4.90 Å². The summed E-state index contributed by atoms with van der Waals surface area (Å²) in [5, 5.41) is 4.64. The van der Waals surface area contributed by atoms with Crippen molar-refractivity contribution in [2.45, 2.75) is 0 Å². The van der Waals surface area contributed by atoms with Gasteiger partial charge in [0.05, 0.1) is 44.8 Å². The van der Waals surface area contributed by atoms with Crippen LogP contribution in [0, 0.1) is 0 Å². The van der Waals surface area contributed by atoms with E-state index in [1.54, 1.807) is 0 Å². The predicted octanol–water partition coefficient (Wildman–Crippen LogP) is 14.0. The van der Waals surface area contributed by atoms with Crippen molar-refractivity contribution in [3.8, 4) is 45.0 Å². The van der Waals surface area contributed by atoms with E-state index in [1.165, 1.54) is 10.8 Å². The number of anilines is 3. The maximum absolute atomic E-state index is 5.24. The molecule has 0 bridgehead atoms. The molecule has 2 heterocycles. The number of para-hydroxylation sites is 5. The van der Waals surface area contributed by atoms with Crippen molar-refractivity contribution < 1.29 is 0 Å². The lowest BCUT2D eigenvalue weighted by atomic mass is 9.97. The summed E-state index contributed by atoms with van der Waals surface area (Å²) < 4.78 is 0. The van der Waals surface area contributed by atoms with Gasteiger partial charge in [-0.3, -0.25) is 0 Å². The summed E-state index contributed by atoms with van der Waals surface area (Å²) in [7, 11) is 0. The van der Waals surface area contributed by atoms with Crippen LogP contribution in [0.3, 0.4) is 0 Å². The van der Waals surface area contributed by atoms with Crippen molar-refractivity contribution in [2.24, 2.45) is 0 Å². The molecule has 0 atom stereocenters. The minimum atomic E-state index is 0.848. The lowest BCUT2D eigenvalue weighted by Crippen LogP contribution is -2.09. The van der Waals surface area contributed by atoms with Crippen LogP contribution in [0.4, 0.5) is 17.1 Å². The molecule has 0 aliphatic rings. The smallest absolute Gasteiger partial charge is 0.0979 e. The molecule has 0 fully saturated rings. The van der Waals surface area contributed by atoms with Crippen molar-refractivity contribution in [1.29, 1.82) is 0 Å². The first-order valence-corrected chi connectivity index (χ1v) is 19.8. The van der Waals surface area contributed by atoms with Crippen LogP contribution in [-0.2, 0) is 0 Å². The van der Waals surface area contributed by atoms with Gasteiger partial charge in [0.2, 0.25) is 0 Å². The van der Waals surface area contributed by atoms with Crippen LogP contribution in [0.25, 0.3) is 88.6 Å². The minimum Gasteiger partial charge on any atom is -0.311 e. The molecular weight excluding hydrogens is 719 g/mol. The highest BCUT2D eigenvalue weighted by molar-refractivity contribution is 6.01. The van der Waals surface area contributed by atoms with E-state index < -0.39 is 0 Å². The van der Waals surface area contributed by atoms with Gasteiger partial charge >= 0.3 is 0 Å². The molecule has 5 nitrogen and oxygen atoms in total. The zero-order valence-electron chi connectivity index (χ0n) is 31.9. The van der Waals surface area contributed by atoms with Gasteiger partial charge in [-0.15, -0.1) is 0 Å². The quantitative estimate of drug-likeness (QED) is 0.162. The van der Waals surface area contributed by atoms with Gasteiger partial charge in [0, 0.05) is 39.3 Å². The average molecular weight is 754 g/mol. The van der Waals surface area contributed by atoms with E-state index in [1.807, 2.05) is 54.6 Å². The lowest BCUT2D eigenvalue weighted by Gasteiger charge is -2.26. The van der Waals surface area contributed by atoms with Gasteiger partial charge in [0.15, 0.2) is 0 Å². The molecule has 0 aliphatic heterocycles. The molecule has 0 unspecified atom stereocenters. The first-order chi connectivity index (χ1) is 29.2. The third-order valence-electron chi connectivity index (χ3n) is 11.0. The molecular formula is C54H35N5.